The molecule has 1 aliphatic rings. The number of nitrogens with one attached hydrogen (secondary N) is 3. The van der Waals surface area contributed by atoms with Crippen LogP contribution in [0.5, 0.6) is 11.5 Å². The van der Waals surface area contributed by atoms with Gasteiger partial charge in [0.2, 0.25) is 23.6 Å². The maximum atomic E-state index is 13.3. The van der Waals surface area contributed by atoms with Gasteiger partial charge < -0.3 is 35.4 Å². The summed E-state index contributed by atoms with van der Waals surface area (Å²) in [5.41, 5.74) is -0.0722. The van der Waals surface area contributed by atoms with Gasteiger partial charge in [-0.2, -0.15) is 0 Å². The van der Waals surface area contributed by atoms with Gasteiger partial charge >= 0.3 is 5.97 Å². The van der Waals surface area contributed by atoms with E-state index in [1.54, 1.807) is 51.7 Å². The monoisotopic (exact) mass is 588 g/mol. The van der Waals surface area contributed by atoms with Gasteiger partial charge in [-0.3, -0.25) is 24.0 Å². The number of amides is 4. The van der Waals surface area contributed by atoms with E-state index in [4.69, 9.17) is 9.47 Å². The second kappa shape index (κ2) is 15.8. The van der Waals surface area contributed by atoms with Gasteiger partial charge in [-0.1, -0.05) is 19.9 Å². The number of esters is 1. The third-order valence-corrected chi connectivity index (χ3v) is 6.41. The minimum atomic E-state index is -0.982. The zero-order valence-corrected chi connectivity index (χ0v) is 25.3. The Morgan fingerprint density at radius 3 is 2.33 bits per heavy atom. The van der Waals surface area contributed by atoms with Gasteiger partial charge in [0, 0.05) is 25.6 Å². The lowest BCUT2D eigenvalue weighted by Crippen LogP contribution is -2.56. The minimum Gasteiger partial charge on any atom is -0.504 e. The van der Waals surface area contributed by atoms with E-state index in [0.717, 1.165) is 12.8 Å². The van der Waals surface area contributed by atoms with Crippen molar-refractivity contribution in [1.29, 1.82) is 0 Å². The first-order valence-corrected chi connectivity index (χ1v) is 14.1. The summed E-state index contributed by atoms with van der Waals surface area (Å²) in [6.07, 6.45) is 4.46. The van der Waals surface area contributed by atoms with Gasteiger partial charge in [0.15, 0.2) is 11.5 Å². The number of hydrogen-bond acceptors (Lipinski definition) is 8. The fraction of sp³-hybridized carbons (Fsp3) is 0.567. The average Bonchev–Trinajstić information content (AvgIpc) is 3.45. The van der Waals surface area contributed by atoms with Crippen LogP contribution in [0, 0.1) is 5.92 Å². The van der Waals surface area contributed by atoms with Crippen LogP contribution in [0.15, 0.2) is 24.3 Å². The summed E-state index contributed by atoms with van der Waals surface area (Å²) >= 11 is 0. The van der Waals surface area contributed by atoms with Crippen molar-refractivity contribution in [3.05, 3.63) is 29.8 Å². The van der Waals surface area contributed by atoms with E-state index in [0.29, 0.717) is 18.7 Å². The third kappa shape index (κ3) is 11.4. The summed E-state index contributed by atoms with van der Waals surface area (Å²) in [4.78, 5) is 65.3. The summed E-state index contributed by atoms with van der Waals surface area (Å²) < 4.78 is 10.4. The topological polar surface area (TPSA) is 163 Å². The zero-order valence-electron chi connectivity index (χ0n) is 25.3. The summed E-state index contributed by atoms with van der Waals surface area (Å²) in [7, 11) is 1.41. The Bertz CT molecular complexity index is 1150. The second-order valence-corrected chi connectivity index (χ2v) is 11.5. The van der Waals surface area contributed by atoms with Crippen LogP contribution in [-0.4, -0.2) is 84.0 Å². The van der Waals surface area contributed by atoms with Crippen LogP contribution in [0.25, 0.3) is 6.08 Å². The van der Waals surface area contributed by atoms with E-state index < -0.39 is 41.4 Å². The molecule has 1 saturated heterocycles. The van der Waals surface area contributed by atoms with Crippen LogP contribution in [0.4, 0.5) is 0 Å². The predicted molar refractivity (Wildman–Crippen MR) is 156 cm³/mol. The number of methoxy groups -OCH3 is 1. The van der Waals surface area contributed by atoms with Crippen molar-refractivity contribution in [1.82, 2.24) is 20.9 Å². The second-order valence-electron chi connectivity index (χ2n) is 11.5. The molecule has 0 aliphatic carbocycles. The van der Waals surface area contributed by atoms with Crippen LogP contribution < -0.4 is 20.7 Å². The molecule has 0 unspecified atom stereocenters. The van der Waals surface area contributed by atoms with Gasteiger partial charge in [-0.15, -0.1) is 0 Å². The third-order valence-electron chi connectivity index (χ3n) is 6.41. The molecule has 2 rings (SSSR count). The molecule has 0 bridgehead atoms. The SMILES string of the molecule is COc1cc(/C=C/C(=O)NCC(=O)N[C@H](C(=O)N[C@H](CCC(=O)OC(C)(C)C)C(=O)N2CCCC2)C(C)C)ccc1O. The van der Waals surface area contributed by atoms with Crippen LogP contribution in [0.1, 0.15) is 65.9 Å². The highest BCUT2D eigenvalue weighted by Crippen LogP contribution is 2.26. The molecule has 0 aromatic heterocycles. The number of nitrogens with zero attached hydrogens (tertiary/aromatic N) is 1. The molecule has 1 aromatic carbocycles. The molecule has 1 aromatic rings. The highest BCUT2D eigenvalue weighted by atomic mass is 16.6. The van der Waals surface area contributed by atoms with Crippen molar-refractivity contribution in [2.24, 2.45) is 5.92 Å². The fourth-order valence-corrected chi connectivity index (χ4v) is 4.29. The van der Waals surface area contributed by atoms with Crippen LogP contribution in [0.2, 0.25) is 0 Å². The Morgan fingerprint density at radius 1 is 1.07 bits per heavy atom. The molecule has 12 heteroatoms. The lowest BCUT2D eigenvalue weighted by molar-refractivity contribution is -0.155. The molecule has 0 spiro atoms. The van der Waals surface area contributed by atoms with Crippen molar-refractivity contribution < 1.29 is 38.6 Å². The van der Waals surface area contributed by atoms with E-state index in [-0.39, 0.29) is 42.7 Å². The number of carbonyl (C=O) groups excluding carboxylic acids is 5. The lowest BCUT2D eigenvalue weighted by atomic mass is 10.0. The van der Waals surface area contributed by atoms with E-state index in [1.165, 1.54) is 25.3 Å². The number of ether oxygens (including phenoxy) is 2. The van der Waals surface area contributed by atoms with E-state index >= 15 is 0 Å². The number of hydrogen-bond donors (Lipinski definition) is 4. The van der Waals surface area contributed by atoms with Gasteiger partial charge in [0.05, 0.1) is 13.7 Å². The minimum absolute atomic E-state index is 0.0331. The number of rotatable bonds is 13. The Morgan fingerprint density at radius 2 is 1.74 bits per heavy atom. The van der Waals surface area contributed by atoms with E-state index in [9.17, 15) is 29.1 Å². The molecule has 1 aliphatic heterocycles. The molecule has 1 fully saturated rings. The Kier molecular flexibility index (Phi) is 12.8. The van der Waals surface area contributed by atoms with Crippen LogP contribution >= 0.6 is 0 Å². The van der Waals surface area contributed by atoms with E-state index in [2.05, 4.69) is 16.0 Å². The van der Waals surface area contributed by atoms with Crippen molar-refractivity contribution >= 4 is 35.7 Å². The summed E-state index contributed by atoms with van der Waals surface area (Å²) in [6, 6.07) is 2.64. The van der Waals surface area contributed by atoms with Gasteiger partial charge in [0.1, 0.15) is 17.7 Å². The van der Waals surface area contributed by atoms with Crippen LogP contribution in [-0.2, 0) is 28.7 Å². The van der Waals surface area contributed by atoms with Gasteiger partial charge in [0.25, 0.3) is 0 Å². The standard InChI is InChI=1S/C30H44N4O8/c1-19(2)27(33-25(37)18-31-24(36)13-10-20-9-12-22(35)23(17-20)41-6)28(39)32-21(29(40)34-15-7-8-16-34)11-14-26(38)42-30(3,4)5/h9-10,12-13,17,19,21,27,35H,7-8,11,14-16,18H2,1-6H3,(H,31,36)(H,32,39)(H,33,37)/b13-10+/t21-,27+/m1/s1. The number of carbonyl (C=O) groups is 5. The first kappa shape index (κ1) is 34.1. The van der Waals surface area contributed by atoms with Crippen molar-refractivity contribution in [3.8, 4) is 11.5 Å². The number of aromatic hydroxyl groups is 1. The molecule has 2 atom stereocenters. The van der Waals surface area contributed by atoms with Gasteiger partial charge in [-0.05, 0) is 69.7 Å². The number of phenols is 1. The normalized spacial score (nSPS) is 14.8. The number of benzene rings is 1. The Labute approximate surface area is 247 Å². The molecular formula is C30H44N4O8. The first-order valence-electron chi connectivity index (χ1n) is 14.1. The molecule has 42 heavy (non-hydrogen) atoms. The summed E-state index contributed by atoms with van der Waals surface area (Å²) in [5.74, 6) is -2.55. The zero-order chi connectivity index (χ0) is 31.4. The van der Waals surface area contributed by atoms with Gasteiger partial charge in [-0.25, -0.2) is 0 Å². The molecule has 12 nitrogen and oxygen atoms in total. The van der Waals surface area contributed by atoms with E-state index in [1.807, 2.05) is 0 Å². The maximum Gasteiger partial charge on any atom is 0.306 e. The highest BCUT2D eigenvalue weighted by molar-refractivity contribution is 5.96. The molecule has 1 heterocycles. The maximum absolute atomic E-state index is 13.3. The highest BCUT2D eigenvalue weighted by Gasteiger charge is 2.32. The van der Waals surface area contributed by atoms with Crippen LogP contribution in [0.3, 0.4) is 0 Å². The molecule has 0 saturated carbocycles. The number of phenolic OH excluding ortho intramolecular Hbond substituents is 1. The summed E-state index contributed by atoms with van der Waals surface area (Å²) in [6.45, 7) is 9.52. The Balaban J connectivity index is 1.98. The average molecular weight is 589 g/mol. The quantitative estimate of drug-likeness (QED) is 0.201. The largest absolute Gasteiger partial charge is 0.504 e. The molecule has 4 amide bonds. The smallest absolute Gasteiger partial charge is 0.306 e. The fourth-order valence-electron chi connectivity index (χ4n) is 4.29. The predicted octanol–water partition coefficient (Wildman–Crippen LogP) is 1.90. The lowest BCUT2D eigenvalue weighted by Gasteiger charge is -2.28. The molecule has 0 radical (unpaired) electrons. The molecular weight excluding hydrogens is 544 g/mol. The Hall–Kier alpha value is -4.09. The molecule has 232 valence electrons. The number of likely N-dealkylation sites (tertiary alicyclic amines) is 1. The van der Waals surface area contributed by atoms with Crippen molar-refractivity contribution in [2.75, 3.05) is 26.7 Å². The summed E-state index contributed by atoms with van der Waals surface area (Å²) in [5, 5.41) is 17.5. The van der Waals surface area contributed by atoms with Crippen molar-refractivity contribution in [2.45, 2.75) is 78.0 Å². The first-order chi connectivity index (χ1) is 19.7. The van der Waals surface area contributed by atoms with Crippen molar-refractivity contribution in [3.63, 3.8) is 0 Å². The molecule has 4 N–H and O–H groups in total.